The van der Waals surface area contributed by atoms with Crippen molar-refractivity contribution in [1.29, 1.82) is 0 Å². The summed E-state index contributed by atoms with van der Waals surface area (Å²) in [4.78, 5) is 4.34. The van der Waals surface area contributed by atoms with Crippen LogP contribution in [0, 0.1) is 6.92 Å². The van der Waals surface area contributed by atoms with Gasteiger partial charge in [-0.1, -0.05) is 18.2 Å². The number of halogens is 1. The van der Waals surface area contributed by atoms with E-state index in [2.05, 4.69) is 45.3 Å². The summed E-state index contributed by atoms with van der Waals surface area (Å²) in [6, 6.07) is 10.2. The molecule has 3 nitrogen and oxygen atoms in total. The summed E-state index contributed by atoms with van der Waals surface area (Å²) in [5.74, 6) is 1.90. The van der Waals surface area contributed by atoms with E-state index in [9.17, 15) is 0 Å². The fourth-order valence-electron chi connectivity index (χ4n) is 2.22. The van der Waals surface area contributed by atoms with Crippen molar-refractivity contribution in [3.8, 4) is 5.75 Å². The first-order valence-electron chi connectivity index (χ1n) is 6.33. The van der Waals surface area contributed by atoms with Crippen LogP contribution in [0.3, 0.4) is 0 Å². The van der Waals surface area contributed by atoms with Crippen molar-refractivity contribution >= 4 is 21.7 Å². The minimum Gasteiger partial charge on any atom is -0.488 e. The molecule has 0 saturated carbocycles. The molecule has 2 aromatic rings. The molecular weight excluding hydrogens is 304 g/mol. The summed E-state index contributed by atoms with van der Waals surface area (Å²) < 4.78 is 6.91. The molecule has 3 rings (SSSR count). The normalized spacial score (nSPS) is 16.8. The minimum atomic E-state index is 0.183. The Bertz CT molecular complexity index is 575. The van der Waals surface area contributed by atoms with Gasteiger partial charge in [0.2, 0.25) is 0 Å². The zero-order valence-corrected chi connectivity index (χ0v) is 12.3. The second-order valence-corrected chi connectivity index (χ2v) is 5.61. The number of nitrogens with zero attached hydrogens (tertiary/aromatic N) is 1. The molecule has 1 aliphatic heterocycles. The van der Waals surface area contributed by atoms with Gasteiger partial charge < -0.3 is 10.1 Å². The highest BCUT2D eigenvalue weighted by Gasteiger charge is 2.21. The standard InChI is InChI=1S/C15H15BrN2O/c1-10-6-15(18-9-13(10)16)17-8-12-7-11-4-2-3-5-14(11)19-12/h2-6,9,12H,7-8H2,1H3,(H,17,18). The molecule has 2 heterocycles. The van der Waals surface area contributed by atoms with Gasteiger partial charge in [-0.2, -0.15) is 0 Å². The van der Waals surface area contributed by atoms with Crippen molar-refractivity contribution in [3.63, 3.8) is 0 Å². The van der Waals surface area contributed by atoms with E-state index in [1.165, 1.54) is 11.1 Å². The smallest absolute Gasteiger partial charge is 0.126 e. The summed E-state index contributed by atoms with van der Waals surface area (Å²) in [5, 5.41) is 3.33. The van der Waals surface area contributed by atoms with Crippen molar-refractivity contribution in [2.24, 2.45) is 0 Å². The third-order valence-electron chi connectivity index (χ3n) is 3.27. The average Bonchev–Trinajstić information content (AvgIpc) is 2.83. The molecule has 1 atom stereocenters. The number of nitrogens with one attached hydrogen (secondary N) is 1. The van der Waals surface area contributed by atoms with Gasteiger partial charge in [0, 0.05) is 17.1 Å². The van der Waals surface area contributed by atoms with Crippen molar-refractivity contribution < 1.29 is 4.74 Å². The molecule has 98 valence electrons. The third kappa shape index (κ3) is 2.73. The fraction of sp³-hybridized carbons (Fsp3) is 0.267. The number of pyridine rings is 1. The topological polar surface area (TPSA) is 34.1 Å². The molecule has 0 fully saturated rings. The van der Waals surface area contributed by atoms with Crippen LogP contribution in [0.1, 0.15) is 11.1 Å². The molecule has 1 aromatic heterocycles. The van der Waals surface area contributed by atoms with Crippen LogP contribution in [0.5, 0.6) is 5.75 Å². The summed E-state index contributed by atoms with van der Waals surface area (Å²) >= 11 is 3.45. The summed E-state index contributed by atoms with van der Waals surface area (Å²) in [6.45, 7) is 2.82. The van der Waals surface area contributed by atoms with E-state index in [0.717, 1.165) is 29.0 Å². The van der Waals surface area contributed by atoms with Crippen molar-refractivity contribution in [2.45, 2.75) is 19.4 Å². The van der Waals surface area contributed by atoms with Gasteiger partial charge in [0.25, 0.3) is 0 Å². The monoisotopic (exact) mass is 318 g/mol. The van der Waals surface area contributed by atoms with Crippen LogP contribution < -0.4 is 10.1 Å². The number of fused-ring (bicyclic) bond motifs is 1. The third-order valence-corrected chi connectivity index (χ3v) is 4.10. The number of rotatable bonds is 3. The molecule has 19 heavy (non-hydrogen) atoms. The van der Waals surface area contributed by atoms with E-state index in [1.54, 1.807) is 0 Å². The number of benzene rings is 1. The zero-order valence-electron chi connectivity index (χ0n) is 10.7. The van der Waals surface area contributed by atoms with E-state index in [4.69, 9.17) is 4.74 Å². The van der Waals surface area contributed by atoms with Crippen LogP contribution in [-0.4, -0.2) is 17.6 Å². The number of para-hydroxylation sites is 1. The Labute approximate surface area is 121 Å². The van der Waals surface area contributed by atoms with Crippen LogP contribution in [-0.2, 0) is 6.42 Å². The first kappa shape index (κ1) is 12.5. The number of aryl methyl sites for hydroxylation is 1. The van der Waals surface area contributed by atoms with Crippen LogP contribution >= 0.6 is 15.9 Å². The largest absolute Gasteiger partial charge is 0.488 e. The molecule has 0 spiro atoms. The fourth-order valence-corrected chi connectivity index (χ4v) is 2.44. The Balaban J connectivity index is 1.61. The predicted octanol–water partition coefficient (Wildman–Crippen LogP) is 3.57. The molecule has 4 heteroatoms. The molecule has 1 N–H and O–H groups in total. The second-order valence-electron chi connectivity index (χ2n) is 4.75. The summed E-state index contributed by atoms with van der Waals surface area (Å²) in [7, 11) is 0. The average molecular weight is 319 g/mol. The number of anilines is 1. The van der Waals surface area contributed by atoms with Crippen LogP contribution in [0.25, 0.3) is 0 Å². The minimum absolute atomic E-state index is 0.183. The van der Waals surface area contributed by atoms with E-state index in [-0.39, 0.29) is 6.10 Å². The van der Waals surface area contributed by atoms with Gasteiger partial charge in [0.15, 0.2) is 0 Å². The maximum absolute atomic E-state index is 5.88. The quantitative estimate of drug-likeness (QED) is 0.939. The Morgan fingerprint density at radius 2 is 2.26 bits per heavy atom. The van der Waals surface area contributed by atoms with E-state index >= 15 is 0 Å². The lowest BCUT2D eigenvalue weighted by molar-refractivity contribution is 0.246. The van der Waals surface area contributed by atoms with Crippen LogP contribution in [0.2, 0.25) is 0 Å². The van der Waals surface area contributed by atoms with Crippen molar-refractivity contribution in [2.75, 3.05) is 11.9 Å². The Kier molecular flexibility index (Phi) is 3.42. The summed E-state index contributed by atoms with van der Waals surface area (Å²) in [6.07, 6.45) is 2.96. The zero-order chi connectivity index (χ0) is 13.2. The molecule has 0 saturated heterocycles. The van der Waals surface area contributed by atoms with Gasteiger partial charge in [0.05, 0.1) is 6.54 Å². The van der Waals surface area contributed by atoms with Crippen molar-refractivity contribution in [3.05, 3.63) is 52.1 Å². The van der Waals surface area contributed by atoms with Gasteiger partial charge in [-0.3, -0.25) is 0 Å². The maximum atomic E-state index is 5.88. The lowest BCUT2D eigenvalue weighted by Gasteiger charge is -2.12. The van der Waals surface area contributed by atoms with E-state index in [0.29, 0.717) is 0 Å². The number of hydrogen-bond acceptors (Lipinski definition) is 3. The highest BCUT2D eigenvalue weighted by molar-refractivity contribution is 9.10. The Hall–Kier alpha value is -1.55. The maximum Gasteiger partial charge on any atom is 0.126 e. The molecule has 0 amide bonds. The molecule has 1 aliphatic rings. The molecule has 1 aromatic carbocycles. The highest BCUT2D eigenvalue weighted by Crippen LogP contribution is 2.28. The second kappa shape index (κ2) is 5.21. The Morgan fingerprint density at radius 1 is 1.42 bits per heavy atom. The van der Waals surface area contributed by atoms with Gasteiger partial charge in [0.1, 0.15) is 17.7 Å². The molecule has 0 radical (unpaired) electrons. The molecule has 1 unspecified atom stereocenters. The first-order valence-corrected chi connectivity index (χ1v) is 7.12. The van der Waals surface area contributed by atoms with Gasteiger partial charge >= 0.3 is 0 Å². The number of hydrogen-bond donors (Lipinski definition) is 1. The first-order chi connectivity index (χ1) is 9.22. The highest BCUT2D eigenvalue weighted by atomic mass is 79.9. The lowest BCUT2D eigenvalue weighted by Crippen LogP contribution is -2.24. The van der Waals surface area contributed by atoms with Crippen LogP contribution in [0.4, 0.5) is 5.82 Å². The number of aromatic nitrogens is 1. The van der Waals surface area contributed by atoms with E-state index < -0.39 is 0 Å². The van der Waals surface area contributed by atoms with Gasteiger partial charge in [-0.15, -0.1) is 0 Å². The van der Waals surface area contributed by atoms with E-state index in [1.807, 2.05) is 24.4 Å². The lowest BCUT2D eigenvalue weighted by atomic mass is 10.1. The van der Waals surface area contributed by atoms with Crippen molar-refractivity contribution in [1.82, 2.24) is 4.98 Å². The van der Waals surface area contributed by atoms with Gasteiger partial charge in [-0.05, 0) is 46.1 Å². The summed E-state index contributed by atoms with van der Waals surface area (Å²) in [5.41, 5.74) is 2.46. The number of ether oxygens (including phenoxy) is 1. The Morgan fingerprint density at radius 3 is 3.05 bits per heavy atom. The molecular formula is C15H15BrN2O. The molecule has 0 aliphatic carbocycles. The van der Waals surface area contributed by atoms with Crippen LogP contribution in [0.15, 0.2) is 41.0 Å². The van der Waals surface area contributed by atoms with Gasteiger partial charge in [-0.25, -0.2) is 4.98 Å². The molecule has 0 bridgehead atoms. The SMILES string of the molecule is Cc1cc(NCC2Cc3ccccc3O2)ncc1Br. The predicted molar refractivity (Wildman–Crippen MR) is 79.7 cm³/mol.